The molecule has 0 radical (unpaired) electrons. The Kier molecular flexibility index (Phi) is 3.79. The van der Waals surface area contributed by atoms with Crippen molar-refractivity contribution < 1.29 is 0 Å². The van der Waals surface area contributed by atoms with Gasteiger partial charge in [0.2, 0.25) is 0 Å². The quantitative estimate of drug-likeness (QED) is 0.522. The van der Waals surface area contributed by atoms with Gasteiger partial charge in [-0.15, -0.1) is 0 Å². The third-order valence-corrected chi connectivity index (χ3v) is 5.67. The van der Waals surface area contributed by atoms with Crippen LogP contribution in [0.5, 0.6) is 0 Å². The predicted octanol–water partition coefficient (Wildman–Crippen LogP) is 3.20. The molecule has 0 fully saturated rings. The molecule has 2 atom stereocenters. The van der Waals surface area contributed by atoms with Gasteiger partial charge in [0, 0.05) is 36.6 Å². The molecule has 1 aliphatic carbocycles. The largest absolute Gasteiger partial charge is 0.347 e. The highest BCUT2D eigenvalue weighted by molar-refractivity contribution is 5.74. The number of aryl methyl sites for hydroxylation is 1. The minimum absolute atomic E-state index is 0.134. The third kappa shape index (κ3) is 2.73. The van der Waals surface area contributed by atoms with E-state index in [-0.39, 0.29) is 5.92 Å². The second-order valence-corrected chi connectivity index (χ2v) is 7.34. The molecule has 6 heteroatoms. The fourth-order valence-corrected chi connectivity index (χ4v) is 4.40. The summed E-state index contributed by atoms with van der Waals surface area (Å²) < 4.78 is 0. The Morgan fingerprint density at radius 2 is 2.04 bits per heavy atom. The lowest BCUT2D eigenvalue weighted by atomic mass is 9.71. The Balaban J connectivity index is 1.61. The van der Waals surface area contributed by atoms with Crippen LogP contribution in [0.25, 0.3) is 11.0 Å². The fourth-order valence-electron chi connectivity index (χ4n) is 4.40. The molecular weight excluding hydrogens is 336 g/mol. The fraction of sp³-hybridized carbons (Fsp3) is 0.286. The van der Waals surface area contributed by atoms with Crippen molar-refractivity contribution in [2.45, 2.75) is 37.1 Å². The van der Waals surface area contributed by atoms with E-state index in [2.05, 4.69) is 26.0 Å². The summed E-state index contributed by atoms with van der Waals surface area (Å²) in [5.41, 5.74) is 10.8. The SMILES string of the molecule is NC(Cc1nc2ccccc2[nH]1)(c1ncc[nH]1)C1CCCc2ncccc21. The van der Waals surface area contributed by atoms with Gasteiger partial charge in [-0.2, -0.15) is 0 Å². The van der Waals surface area contributed by atoms with Gasteiger partial charge in [-0.1, -0.05) is 18.2 Å². The first-order valence-electron chi connectivity index (χ1n) is 9.40. The van der Waals surface area contributed by atoms with Crippen molar-refractivity contribution in [2.75, 3.05) is 0 Å². The van der Waals surface area contributed by atoms with Crippen molar-refractivity contribution in [2.24, 2.45) is 5.73 Å². The van der Waals surface area contributed by atoms with Crippen LogP contribution in [0.4, 0.5) is 0 Å². The minimum atomic E-state index is -0.685. The first-order valence-corrected chi connectivity index (χ1v) is 9.40. The summed E-state index contributed by atoms with van der Waals surface area (Å²) in [4.78, 5) is 20.6. The number of H-pyrrole nitrogens is 2. The van der Waals surface area contributed by atoms with E-state index in [4.69, 9.17) is 10.7 Å². The van der Waals surface area contributed by atoms with E-state index in [0.717, 1.165) is 47.6 Å². The summed E-state index contributed by atoms with van der Waals surface area (Å²) in [5, 5.41) is 0. The van der Waals surface area contributed by atoms with Crippen LogP contribution in [0.1, 0.15) is 41.7 Å². The van der Waals surface area contributed by atoms with Gasteiger partial charge in [-0.3, -0.25) is 4.98 Å². The summed E-state index contributed by atoms with van der Waals surface area (Å²) in [6, 6.07) is 12.2. The van der Waals surface area contributed by atoms with Gasteiger partial charge in [0.05, 0.1) is 16.6 Å². The number of rotatable bonds is 4. The van der Waals surface area contributed by atoms with E-state index in [1.165, 1.54) is 5.56 Å². The topological polar surface area (TPSA) is 96.3 Å². The number of nitrogens with zero attached hydrogens (tertiary/aromatic N) is 3. The normalized spacial score (nSPS) is 18.9. The van der Waals surface area contributed by atoms with Crippen LogP contribution < -0.4 is 5.73 Å². The average Bonchev–Trinajstić information content (AvgIpc) is 3.37. The molecule has 0 amide bonds. The van der Waals surface area contributed by atoms with Crippen molar-refractivity contribution in [3.8, 4) is 0 Å². The standard InChI is InChI=1S/C21H22N6/c22-21(20-24-11-12-25-20,13-19-26-17-7-1-2-8-18(17)27-19)15-6-3-9-16-14(15)5-4-10-23-16/h1-2,4-5,7-8,10-12,15H,3,6,9,13,22H2,(H,24,25)(H,26,27). The highest BCUT2D eigenvalue weighted by Gasteiger charge is 2.43. The van der Waals surface area contributed by atoms with Gasteiger partial charge in [0.1, 0.15) is 11.6 Å². The molecule has 4 aromatic rings. The highest BCUT2D eigenvalue weighted by atomic mass is 15.0. The van der Waals surface area contributed by atoms with Crippen molar-refractivity contribution in [3.63, 3.8) is 0 Å². The van der Waals surface area contributed by atoms with E-state index in [1.807, 2.05) is 42.7 Å². The lowest BCUT2D eigenvalue weighted by Crippen LogP contribution is -2.47. The van der Waals surface area contributed by atoms with Crippen LogP contribution in [0.3, 0.4) is 0 Å². The van der Waals surface area contributed by atoms with Gasteiger partial charge in [-0.05, 0) is 43.0 Å². The number of pyridine rings is 1. The van der Waals surface area contributed by atoms with Gasteiger partial charge in [0.25, 0.3) is 0 Å². The zero-order chi connectivity index (χ0) is 18.3. The molecule has 0 aliphatic heterocycles. The minimum Gasteiger partial charge on any atom is -0.347 e. The number of fused-ring (bicyclic) bond motifs is 2. The van der Waals surface area contributed by atoms with Crippen molar-refractivity contribution in [1.82, 2.24) is 24.9 Å². The zero-order valence-corrected chi connectivity index (χ0v) is 15.0. The molecule has 5 rings (SSSR count). The summed E-state index contributed by atoms with van der Waals surface area (Å²) in [5.74, 6) is 1.81. The molecule has 0 bridgehead atoms. The van der Waals surface area contributed by atoms with Gasteiger partial charge < -0.3 is 15.7 Å². The first kappa shape index (κ1) is 16.2. The van der Waals surface area contributed by atoms with E-state index < -0.39 is 5.54 Å². The molecule has 2 unspecified atom stereocenters. The monoisotopic (exact) mass is 358 g/mol. The van der Waals surface area contributed by atoms with Crippen LogP contribution in [-0.4, -0.2) is 24.9 Å². The molecule has 3 heterocycles. The number of nitrogens with one attached hydrogen (secondary N) is 2. The first-order chi connectivity index (χ1) is 13.2. The van der Waals surface area contributed by atoms with Gasteiger partial charge >= 0.3 is 0 Å². The van der Waals surface area contributed by atoms with Crippen molar-refractivity contribution in [3.05, 3.63) is 77.9 Å². The molecule has 0 saturated carbocycles. The number of para-hydroxylation sites is 2. The highest BCUT2D eigenvalue weighted by Crippen LogP contribution is 2.43. The molecule has 1 aromatic carbocycles. The Bertz CT molecular complexity index is 1030. The van der Waals surface area contributed by atoms with Crippen LogP contribution in [-0.2, 0) is 18.4 Å². The Hall–Kier alpha value is -2.99. The summed E-state index contributed by atoms with van der Waals surface area (Å²) >= 11 is 0. The summed E-state index contributed by atoms with van der Waals surface area (Å²) in [7, 11) is 0. The second kappa shape index (κ2) is 6.32. The zero-order valence-electron chi connectivity index (χ0n) is 15.0. The van der Waals surface area contributed by atoms with Crippen LogP contribution >= 0.6 is 0 Å². The number of imidazole rings is 2. The van der Waals surface area contributed by atoms with Crippen LogP contribution in [0, 0.1) is 0 Å². The van der Waals surface area contributed by atoms with Gasteiger partial charge in [-0.25, -0.2) is 9.97 Å². The van der Waals surface area contributed by atoms with E-state index >= 15 is 0 Å². The molecule has 0 spiro atoms. The summed E-state index contributed by atoms with van der Waals surface area (Å²) in [6.07, 6.45) is 9.14. The molecule has 0 saturated heterocycles. The van der Waals surface area contributed by atoms with Crippen LogP contribution in [0.2, 0.25) is 0 Å². The maximum atomic E-state index is 7.13. The second-order valence-electron chi connectivity index (χ2n) is 7.34. The van der Waals surface area contributed by atoms with E-state index in [9.17, 15) is 0 Å². The number of nitrogens with two attached hydrogens (primary N) is 1. The molecule has 27 heavy (non-hydrogen) atoms. The number of benzene rings is 1. The third-order valence-electron chi connectivity index (χ3n) is 5.67. The Labute approximate surface area is 157 Å². The number of hydrogen-bond donors (Lipinski definition) is 3. The predicted molar refractivity (Wildman–Crippen MR) is 104 cm³/mol. The van der Waals surface area contributed by atoms with Gasteiger partial charge in [0.15, 0.2) is 0 Å². The molecule has 4 N–H and O–H groups in total. The number of aromatic amines is 2. The van der Waals surface area contributed by atoms with E-state index in [1.54, 1.807) is 6.20 Å². The molecular formula is C21H22N6. The molecule has 136 valence electrons. The molecule has 6 nitrogen and oxygen atoms in total. The Morgan fingerprint density at radius 3 is 2.89 bits per heavy atom. The van der Waals surface area contributed by atoms with Crippen LogP contribution in [0.15, 0.2) is 55.0 Å². The molecule has 1 aliphatic rings. The lowest BCUT2D eigenvalue weighted by molar-refractivity contribution is 0.296. The Morgan fingerprint density at radius 1 is 1.11 bits per heavy atom. The smallest absolute Gasteiger partial charge is 0.127 e. The van der Waals surface area contributed by atoms with Crippen molar-refractivity contribution >= 4 is 11.0 Å². The van der Waals surface area contributed by atoms with Crippen molar-refractivity contribution in [1.29, 1.82) is 0 Å². The molecule has 3 aromatic heterocycles. The lowest BCUT2D eigenvalue weighted by Gasteiger charge is -2.38. The number of aromatic nitrogens is 5. The van der Waals surface area contributed by atoms with E-state index in [0.29, 0.717) is 6.42 Å². The maximum Gasteiger partial charge on any atom is 0.127 e. The number of hydrogen-bond acceptors (Lipinski definition) is 4. The maximum absolute atomic E-state index is 7.13. The average molecular weight is 358 g/mol. The summed E-state index contributed by atoms with van der Waals surface area (Å²) in [6.45, 7) is 0.